The molecule has 0 heterocycles. The van der Waals surface area contributed by atoms with Gasteiger partial charge in [-0.2, -0.15) is 0 Å². The van der Waals surface area contributed by atoms with Crippen LogP contribution in [0.25, 0.3) is 0 Å². The molecule has 0 amide bonds. The summed E-state index contributed by atoms with van der Waals surface area (Å²) in [5.41, 5.74) is -0.148. The fraction of sp³-hybridized carbons (Fsp3) is 1.00. The monoisotopic (exact) mass is 140 g/mol. The van der Waals surface area contributed by atoms with Crippen molar-refractivity contribution in [3.63, 3.8) is 0 Å². The fourth-order valence-electron chi connectivity index (χ4n) is 0.348. The molecule has 2 nitrogen and oxygen atoms in total. The van der Waals surface area contributed by atoms with Gasteiger partial charge in [0.05, 0.1) is 5.60 Å². The van der Waals surface area contributed by atoms with Crippen LogP contribution in [0.15, 0.2) is 0 Å². The van der Waals surface area contributed by atoms with Gasteiger partial charge in [0.2, 0.25) is 0 Å². The number of ether oxygens (including phenoxy) is 1. The van der Waals surface area contributed by atoms with E-state index in [-0.39, 0.29) is 41.8 Å². The molecule has 0 unspecified atom stereocenters. The van der Waals surface area contributed by atoms with E-state index in [0.29, 0.717) is 6.61 Å². The molecule has 0 fully saturated rings. The van der Waals surface area contributed by atoms with Crippen molar-refractivity contribution in [2.24, 2.45) is 0 Å². The maximum Gasteiger partial charge on any atom is 1.00 e. The predicted molar refractivity (Wildman–Crippen MR) is 30.6 cm³/mol. The van der Waals surface area contributed by atoms with Gasteiger partial charge in [-0.05, 0) is 20.8 Å². The summed E-state index contributed by atoms with van der Waals surface area (Å²) in [6.45, 7) is 5.98. The van der Waals surface area contributed by atoms with Crippen LogP contribution >= 0.6 is 0 Å². The molecular formula is C6H13NaO2. The smallest absolute Gasteiger partial charge is 0.853 e. The third-order valence-corrected chi connectivity index (χ3v) is 0.618. The number of hydrogen-bond donors (Lipinski definition) is 0. The Hall–Kier alpha value is 0.920. The fourth-order valence-corrected chi connectivity index (χ4v) is 0.348. The minimum Gasteiger partial charge on any atom is -0.853 e. The first-order valence-electron chi connectivity index (χ1n) is 2.78. The van der Waals surface area contributed by atoms with Crippen LogP contribution in [0.3, 0.4) is 0 Å². The van der Waals surface area contributed by atoms with Crippen molar-refractivity contribution >= 4 is 0 Å². The van der Waals surface area contributed by atoms with Crippen molar-refractivity contribution in [3.05, 3.63) is 0 Å². The second kappa shape index (κ2) is 5.69. The first-order valence-corrected chi connectivity index (χ1v) is 2.78. The van der Waals surface area contributed by atoms with Crippen molar-refractivity contribution in [1.29, 1.82) is 0 Å². The first-order chi connectivity index (χ1) is 3.56. The van der Waals surface area contributed by atoms with Gasteiger partial charge in [0, 0.05) is 6.61 Å². The van der Waals surface area contributed by atoms with Crippen LogP contribution in [0.1, 0.15) is 20.8 Å². The van der Waals surface area contributed by atoms with Crippen molar-refractivity contribution in [1.82, 2.24) is 0 Å². The van der Waals surface area contributed by atoms with Gasteiger partial charge in [0.25, 0.3) is 0 Å². The maximum absolute atomic E-state index is 9.85. The van der Waals surface area contributed by atoms with Gasteiger partial charge < -0.3 is 9.84 Å². The molecule has 0 atom stereocenters. The summed E-state index contributed by atoms with van der Waals surface area (Å²) in [5.74, 6) is 0. The van der Waals surface area contributed by atoms with Crippen molar-refractivity contribution in [3.8, 4) is 0 Å². The summed E-state index contributed by atoms with van der Waals surface area (Å²) < 4.78 is 5.07. The first kappa shape index (κ1) is 12.6. The van der Waals surface area contributed by atoms with Crippen LogP contribution in [0.2, 0.25) is 0 Å². The standard InChI is InChI=1S/C6H13O2.Na/c1-6(2,3)8-5-4-7;/h4-5H2,1-3H3;/q-1;+1. The van der Waals surface area contributed by atoms with E-state index in [2.05, 4.69) is 0 Å². The Labute approximate surface area is 78.9 Å². The minimum absolute atomic E-state index is 0. The molecule has 0 saturated carbocycles. The molecule has 0 N–H and O–H groups in total. The molecule has 0 radical (unpaired) electrons. The zero-order valence-corrected chi connectivity index (χ0v) is 8.73. The zero-order valence-electron chi connectivity index (χ0n) is 6.73. The Morgan fingerprint density at radius 3 is 1.89 bits per heavy atom. The minimum atomic E-state index is -0.148. The molecule has 0 spiro atoms. The van der Waals surface area contributed by atoms with E-state index in [4.69, 9.17) is 4.74 Å². The van der Waals surface area contributed by atoms with Crippen molar-refractivity contribution in [2.75, 3.05) is 13.2 Å². The quantitative estimate of drug-likeness (QED) is 0.387. The molecular weight excluding hydrogens is 127 g/mol. The van der Waals surface area contributed by atoms with Crippen LogP contribution < -0.4 is 34.7 Å². The van der Waals surface area contributed by atoms with Gasteiger partial charge >= 0.3 is 29.6 Å². The zero-order chi connectivity index (χ0) is 6.62. The van der Waals surface area contributed by atoms with E-state index >= 15 is 0 Å². The Morgan fingerprint density at radius 1 is 1.33 bits per heavy atom. The number of hydrogen-bond acceptors (Lipinski definition) is 2. The Morgan fingerprint density at radius 2 is 1.78 bits per heavy atom. The van der Waals surface area contributed by atoms with E-state index < -0.39 is 0 Å². The molecule has 0 aliphatic carbocycles. The van der Waals surface area contributed by atoms with Gasteiger partial charge in [-0.15, -0.1) is 6.61 Å². The summed E-state index contributed by atoms with van der Waals surface area (Å²) in [4.78, 5) is 0. The molecule has 0 aliphatic rings. The summed E-state index contributed by atoms with van der Waals surface area (Å²) in [6, 6.07) is 0. The summed E-state index contributed by atoms with van der Waals surface area (Å²) in [5, 5.41) is 9.85. The van der Waals surface area contributed by atoms with Crippen LogP contribution in [0.5, 0.6) is 0 Å². The largest absolute Gasteiger partial charge is 1.00 e. The van der Waals surface area contributed by atoms with Crippen LogP contribution in [0.4, 0.5) is 0 Å². The van der Waals surface area contributed by atoms with Gasteiger partial charge in [0.15, 0.2) is 0 Å². The Balaban J connectivity index is 0. The topological polar surface area (TPSA) is 32.3 Å². The Bertz CT molecular complexity index is 58.6. The van der Waals surface area contributed by atoms with Gasteiger partial charge in [-0.3, -0.25) is 0 Å². The second-order valence-electron chi connectivity index (χ2n) is 2.66. The van der Waals surface area contributed by atoms with Gasteiger partial charge in [-0.25, -0.2) is 0 Å². The molecule has 9 heavy (non-hydrogen) atoms. The van der Waals surface area contributed by atoms with E-state index in [1.807, 2.05) is 20.8 Å². The van der Waals surface area contributed by atoms with Crippen molar-refractivity contribution < 1.29 is 39.4 Å². The van der Waals surface area contributed by atoms with E-state index in [9.17, 15) is 5.11 Å². The van der Waals surface area contributed by atoms with Crippen LogP contribution in [-0.2, 0) is 4.74 Å². The average molecular weight is 140 g/mol. The summed E-state index contributed by atoms with van der Waals surface area (Å²) in [7, 11) is 0. The molecule has 3 heteroatoms. The normalized spacial score (nSPS) is 10.7. The van der Waals surface area contributed by atoms with Gasteiger partial charge in [0.1, 0.15) is 0 Å². The maximum atomic E-state index is 9.85. The molecule has 0 bridgehead atoms. The SMILES string of the molecule is CC(C)(C)OCC[O-].[Na+]. The molecule has 0 rings (SSSR count). The molecule has 0 aliphatic heterocycles. The average Bonchev–Trinajstić information content (AvgIpc) is 1.59. The predicted octanol–water partition coefficient (Wildman–Crippen LogP) is -2.83. The van der Waals surface area contributed by atoms with Crippen LogP contribution in [-0.4, -0.2) is 18.8 Å². The molecule has 50 valence electrons. The van der Waals surface area contributed by atoms with E-state index in [1.165, 1.54) is 0 Å². The Kier molecular flexibility index (Phi) is 7.95. The molecule has 0 aromatic heterocycles. The molecule has 0 saturated heterocycles. The van der Waals surface area contributed by atoms with E-state index in [0.717, 1.165) is 0 Å². The second-order valence-corrected chi connectivity index (χ2v) is 2.66. The number of rotatable bonds is 2. The molecule has 0 aromatic carbocycles. The van der Waals surface area contributed by atoms with Gasteiger partial charge in [-0.1, -0.05) is 0 Å². The third-order valence-electron chi connectivity index (χ3n) is 0.618. The molecule has 0 aromatic rings. The summed E-state index contributed by atoms with van der Waals surface area (Å²) >= 11 is 0. The third kappa shape index (κ3) is 12.2. The van der Waals surface area contributed by atoms with Crippen LogP contribution in [0, 0.1) is 0 Å². The van der Waals surface area contributed by atoms with E-state index in [1.54, 1.807) is 0 Å². The summed E-state index contributed by atoms with van der Waals surface area (Å²) in [6.07, 6.45) is 0. The van der Waals surface area contributed by atoms with Crippen molar-refractivity contribution in [2.45, 2.75) is 26.4 Å².